The molecule has 0 aliphatic carbocycles. The highest BCUT2D eigenvalue weighted by molar-refractivity contribution is 7.10. The van der Waals surface area contributed by atoms with E-state index in [1.165, 1.54) is 20.9 Å². The van der Waals surface area contributed by atoms with Gasteiger partial charge in [0, 0.05) is 28.8 Å². The van der Waals surface area contributed by atoms with Crippen LogP contribution in [0.2, 0.25) is 0 Å². The Morgan fingerprint density at radius 1 is 1.10 bits per heavy atom. The summed E-state index contributed by atoms with van der Waals surface area (Å²) in [7, 11) is 0. The molecule has 3 heterocycles. The van der Waals surface area contributed by atoms with Crippen LogP contribution < -0.4 is 5.32 Å². The van der Waals surface area contributed by atoms with Gasteiger partial charge < -0.3 is 5.32 Å². The normalized spacial score (nSPS) is 12.7. The lowest BCUT2D eigenvalue weighted by Crippen LogP contribution is -2.22. The van der Waals surface area contributed by atoms with Crippen molar-refractivity contribution in [1.82, 2.24) is 5.32 Å². The topological polar surface area (TPSA) is 12.0 Å². The van der Waals surface area contributed by atoms with E-state index in [1.54, 1.807) is 11.3 Å². The molecule has 1 atom stereocenters. The smallest absolute Gasteiger partial charge is 0.0466 e. The molecule has 1 N–H and O–H groups in total. The summed E-state index contributed by atoms with van der Waals surface area (Å²) in [5, 5.41) is 12.5. The summed E-state index contributed by atoms with van der Waals surface area (Å²) in [5.74, 6) is 0. The van der Waals surface area contributed by atoms with E-state index in [-0.39, 0.29) is 0 Å². The van der Waals surface area contributed by atoms with Crippen LogP contribution >= 0.6 is 34.0 Å². The van der Waals surface area contributed by atoms with Gasteiger partial charge in [-0.2, -0.15) is 11.3 Å². The fourth-order valence-corrected chi connectivity index (χ4v) is 4.61. The van der Waals surface area contributed by atoms with E-state index in [1.807, 2.05) is 22.7 Å². The highest BCUT2D eigenvalue weighted by atomic mass is 32.1. The van der Waals surface area contributed by atoms with Crippen LogP contribution in [0.3, 0.4) is 0 Å². The van der Waals surface area contributed by atoms with Crippen molar-refractivity contribution in [1.29, 1.82) is 0 Å². The zero-order valence-corrected chi connectivity index (χ0v) is 13.8. The molecule has 1 unspecified atom stereocenters. The maximum absolute atomic E-state index is 3.73. The minimum absolute atomic E-state index is 0.410. The molecule has 0 aliphatic rings. The quantitative estimate of drug-likeness (QED) is 0.654. The Hall–Kier alpha value is -0.940. The number of hydrogen-bond acceptors (Lipinski definition) is 4. The number of nitrogens with one attached hydrogen (secondary N) is 1. The highest BCUT2D eigenvalue weighted by Crippen LogP contribution is 2.26. The van der Waals surface area contributed by atoms with E-state index in [9.17, 15) is 0 Å². The average Bonchev–Trinajstić information content (AvgIpc) is 3.18. The molecule has 1 nitrogen and oxygen atoms in total. The first-order valence-electron chi connectivity index (χ1n) is 6.64. The van der Waals surface area contributed by atoms with E-state index in [2.05, 4.69) is 58.0 Å². The van der Waals surface area contributed by atoms with Crippen molar-refractivity contribution < 1.29 is 0 Å². The second-order valence-electron chi connectivity index (χ2n) is 4.81. The van der Waals surface area contributed by atoms with E-state index in [0.717, 1.165) is 13.0 Å². The summed E-state index contributed by atoms with van der Waals surface area (Å²) >= 11 is 5.47. The van der Waals surface area contributed by atoms with Crippen LogP contribution in [-0.2, 0) is 13.0 Å². The van der Waals surface area contributed by atoms with Gasteiger partial charge in [-0.05, 0) is 51.7 Å². The predicted molar refractivity (Wildman–Crippen MR) is 91.0 cm³/mol. The van der Waals surface area contributed by atoms with E-state index in [4.69, 9.17) is 0 Å². The van der Waals surface area contributed by atoms with E-state index >= 15 is 0 Å². The largest absolute Gasteiger partial charge is 0.305 e. The van der Waals surface area contributed by atoms with Gasteiger partial charge in [0.15, 0.2) is 0 Å². The van der Waals surface area contributed by atoms with Crippen LogP contribution in [0.25, 0.3) is 0 Å². The van der Waals surface area contributed by atoms with Gasteiger partial charge in [-0.1, -0.05) is 12.1 Å². The summed E-state index contributed by atoms with van der Waals surface area (Å²) in [6.45, 7) is 3.14. The van der Waals surface area contributed by atoms with Crippen LogP contribution in [0.5, 0.6) is 0 Å². The second kappa shape index (κ2) is 6.68. The Morgan fingerprint density at radius 3 is 2.60 bits per heavy atom. The lowest BCUT2D eigenvalue weighted by molar-refractivity contribution is 0.541. The molecule has 0 aromatic carbocycles. The second-order valence-corrected chi connectivity index (χ2v) is 7.57. The zero-order chi connectivity index (χ0) is 13.8. The van der Waals surface area contributed by atoms with Crippen LogP contribution in [0, 0.1) is 6.92 Å². The molecule has 4 heteroatoms. The van der Waals surface area contributed by atoms with Gasteiger partial charge in [0.25, 0.3) is 0 Å². The molecule has 0 radical (unpaired) electrons. The van der Waals surface area contributed by atoms with Gasteiger partial charge in [-0.15, -0.1) is 22.7 Å². The molecule has 0 bridgehead atoms. The van der Waals surface area contributed by atoms with Crippen molar-refractivity contribution in [3.05, 3.63) is 66.7 Å². The van der Waals surface area contributed by atoms with Gasteiger partial charge >= 0.3 is 0 Å². The minimum atomic E-state index is 0.410. The Morgan fingerprint density at radius 2 is 1.95 bits per heavy atom. The Balaban J connectivity index is 1.71. The average molecular weight is 320 g/mol. The predicted octanol–water partition coefficient (Wildman–Crippen LogP) is 5.25. The highest BCUT2D eigenvalue weighted by Gasteiger charge is 2.14. The summed E-state index contributed by atoms with van der Waals surface area (Å²) in [6, 6.07) is 9.14. The SMILES string of the molecule is Cc1cscc1CNC(Cc1cccs1)c1cccs1. The van der Waals surface area contributed by atoms with Crippen molar-refractivity contribution in [2.24, 2.45) is 0 Å². The Bertz CT molecular complexity index is 623. The first-order valence-corrected chi connectivity index (χ1v) is 9.34. The molecule has 3 aromatic heterocycles. The molecule has 0 saturated heterocycles. The van der Waals surface area contributed by atoms with Gasteiger partial charge in [-0.25, -0.2) is 0 Å². The van der Waals surface area contributed by atoms with Crippen molar-refractivity contribution in [2.75, 3.05) is 0 Å². The maximum atomic E-state index is 3.73. The third kappa shape index (κ3) is 3.38. The van der Waals surface area contributed by atoms with E-state index < -0.39 is 0 Å². The molecule has 20 heavy (non-hydrogen) atoms. The molecule has 0 aliphatic heterocycles. The molecule has 0 amide bonds. The summed E-state index contributed by atoms with van der Waals surface area (Å²) in [6.07, 6.45) is 1.07. The first-order chi connectivity index (χ1) is 9.83. The molecule has 0 spiro atoms. The fourth-order valence-electron chi connectivity index (χ4n) is 2.19. The van der Waals surface area contributed by atoms with Crippen molar-refractivity contribution >= 4 is 34.0 Å². The monoisotopic (exact) mass is 319 g/mol. The molecule has 0 fully saturated rings. The van der Waals surface area contributed by atoms with Crippen molar-refractivity contribution in [3.8, 4) is 0 Å². The third-order valence-corrected chi connectivity index (χ3v) is 6.17. The van der Waals surface area contributed by atoms with Crippen molar-refractivity contribution in [3.63, 3.8) is 0 Å². The molecule has 104 valence electrons. The number of thiophene rings is 3. The van der Waals surface area contributed by atoms with Crippen LogP contribution in [-0.4, -0.2) is 0 Å². The molecule has 3 aromatic rings. The van der Waals surface area contributed by atoms with Gasteiger partial charge in [0.1, 0.15) is 0 Å². The number of aryl methyl sites for hydroxylation is 1. The zero-order valence-electron chi connectivity index (χ0n) is 11.3. The molecule has 3 rings (SSSR count). The molecular weight excluding hydrogens is 302 g/mol. The lowest BCUT2D eigenvalue weighted by Gasteiger charge is -2.17. The van der Waals surface area contributed by atoms with E-state index in [0.29, 0.717) is 6.04 Å². The Kier molecular flexibility index (Phi) is 4.68. The molecular formula is C16H17NS3. The van der Waals surface area contributed by atoms with Crippen LogP contribution in [0.4, 0.5) is 0 Å². The van der Waals surface area contributed by atoms with Gasteiger partial charge in [-0.3, -0.25) is 0 Å². The number of hydrogen-bond donors (Lipinski definition) is 1. The lowest BCUT2D eigenvalue weighted by atomic mass is 10.1. The molecule has 0 saturated carbocycles. The Labute approximate surface area is 131 Å². The van der Waals surface area contributed by atoms with Crippen LogP contribution in [0.1, 0.15) is 26.9 Å². The number of rotatable bonds is 6. The summed E-state index contributed by atoms with van der Waals surface area (Å²) in [5.41, 5.74) is 2.81. The van der Waals surface area contributed by atoms with Gasteiger partial charge in [0.2, 0.25) is 0 Å². The van der Waals surface area contributed by atoms with Gasteiger partial charge in [0.05, 0.1) is 0 Å². The summed E-state index contributed by atoms with van der Waals surface area (Å²) in [4.78, 5) is 2.87. The first kappa shape index (κ1) is 14.0. The van der Waals surface area contributed by atoms with Crippen molar-refractivity contribution in [2.45, 2.75) is 25.9 Å². The standard InChI is InChI=1S/C16H17NS3/c1-12-10-18-11-13(12)9-17-15(16-5-3-7-20-16)8-14-4-2-6-19-14/h2-7,10-11,15,17H,8-9H2,1H3. The third-order valence-electron chi connectivity index (χ3n) is 3.37. The van der Waals surface area contributed by atoms with Crippen LogP contribution in [0.15, 0.2) is 45.8 Å². The minimum Gasteiger partial charge on any atom is -0.305 e. The fraction of sp³-hybridized carbons (Fsp3) is 0.250. The summed E-state index contributed by atoms with van der Waals surface area (Å²) < 4.78 is 0. The maximum Gasteiger partial charge on any atom is 0.0466 e.